The monoisotopic (exact) mass is 358 g/mol. The number of carbonyl (C=O) groups is 1. The molecule has 0 unspecified atom stereocenters. The molecule has 1 aromatic rings. The van der Waals surface area contributed by atoms with Crippen molar-refractivity contribution in [2.24, 2.45) is 5.41 Å². The first-order valence-electron chi connectivity index (χ1n) is 8.05. The zero-order valence-corrected chi connectivity index (χ0v) is 14.7. The minimum atomic E-state index is -2.81. The third kappa shape index (κ3) is 2.85. The van der Waals surface area contributed by atoms with Gasteiger partial charge in [-0.3, -0.25) is 0 Å². The standard InChI is InChI=1S/C17H21ClF2N2O2/c1-15(2,3)24-14(23)22-9-7-16(8-10-22)13(17(16,19)20)11-5-4-6-12(18)21-11/h4-6,13H,7-10H2,1-3H3/t13-/m0/s1. The number of halogens is 3. The van der Waals surface area contributed by atoms with Gasteiger partial charge in [0.05, 0.1) is 17.0 Å². The van der Waals surface area contributed by atoms with Gasteiger partial charge in [-0.2, -0.15) is 0 Å². The molecule has 24 heavy (non-hydrogen) atoms. The van der Waals surface area contributed by atoms with Crippen molar-refractivity contribution in [3.63, 3.8) is 0 Å². The molecule has 2 heterocycles. The van der Waals surface area contributed by atoms with Crippen LogP contribution >= 0.6 is 11.6 Å². The number of hydrogen-bond donors (Lipinski definition) is 0. The summed E-state index contributed by atoms with van der Waals surface area (Å²) in [5, 5.41) is 0.219. The summed E-state index contributed by atoms with van der Waals surface area (Å²) in [7, 11) is 0. The maximum atomic E-state index is 14.5. The summed E-state index contributed by atoms with van der Waals surface area (Å²) in [5.41, 5.74) is -1.38. The highest BCUT2D eigenvalue weighted by Gasteiger charge is 2.81. The van der Waals surface area contributed by atoms with Crippen LogP contribution in [-0.2, 0) is 4.74 Å². The molecule has 1 saturated carbocycles. The molecule has 0 radical (unpaired) electrons. The summed E-state index contributed by atoms with van der Waals surface area (Å²) < 4.78 is 34.4. The molecule has 1 saturated heterocycles. The van der Waals surface area contributed by atoms with E-state index in [-0.39, 0.29) is 31.1 Å². The minimum Gasteiger partial charge on any atom is -0.444 e. The fourth-order valence-electron chi connectivity index (χ4n) is 3.60. The first kappa shape index (κ1) is 17.4. The van der Waals surface area contributed by atoms with Gasteiger partial charge >= 0.3 is 6.09 Å². The van der Waals surface area contributed by atoms with Crippen LogP contribution in [0.25, 0.3) is 0 Å². The van der Waals surface area contributed by atoms with Crippen molar-refractivity contribution in [1.29, 1.82) is 0 Å². The molecule has 1 atom stereocenters. The molecule has 1 amide bonds. The maximum Gasteiger partial charge on any atom is 0.410 e. The summed E-state index contributed by atoms with van der Waals surface area (Å²) in [6, 6.07) is 4.81. The van der Waals surface area contributed by atoms with E-state index in [0.717, 1.165) is 0 Å². The number of ether oxygens (including phenoxy) is 1. The summed E-state index contributed by atoms with van der Waals surface area (Å²) >= 11 is 5.84. The number of piperidine rings is 1. The molecular weight excluding hydrogens is 338 g/mol. The highest BCUT2D eigenvalue weighted by molar-refractivity contribution is 6.29. The van der Waals surface area contributed by atoms with Crippen molar-refractivity contribution in [2.45, 2.75) is 51.1 Å². The molecule has 1 aromatic heterocycles. The Bertz CT molecular complexity index is 652. The quantitative estimate of drug-likeness (QED) is 0.695. The van der Waals surface area contributed by atoms with E-state index in [9.17, 15) is 13.6 Å². The van der Waals surface area contributed by atoms with Crippen LogP contribution in [0.5, 0.6) is 0 Å². The van der Waals surface area contributed by atoms with Gasteiger partial charge in [0.25, 0.3) is 5.92 Å². The minimum absolute atomic E-state index is 0.219. The van der Waals surface area contributed by atoms with Gasteiger partial charge in [-0.05, 0) is 45.7 Å². The van der Waals surface area contributed by atoms with Crippen molar-refractivity contribution in [1.82, 2.24) is 9.88 Å². The number of pyridine rings is 1. The Morgan fingerprint density at radius 1 is 1.33 bits per heavy atom. The van der Waals surface area contributed by atoms with Crippen LogP contribution in [0, 0.1) is 5.41 Å². The normalized spacial score (nSPS) is 24.8. The van der Waals surface area contributed by atoms with Crippen LogP contribution in [0.4, 0.5) is 13.6 Å². The van der Waals surface area contributed by atoms with Crippen molar-refractivity contribution in [3.05, 3.63) is 29.0 Å². The largest absolute Gasteiger partial charge is 0.444 e. The van der Waals surface area contributed by atoms with Gasteiger partial charge in [0.15, 0.2) is 0 Å². The molecule has 132 valence electrons. The Balaban J connectivity index is 1.70. The third-order valence-corrected chi connectivity index (χ3v) is 5.05. The number of likely N-dealkylation sites (tertiary alicyclic amines) is 1. The molecule has 2 fully saturated rings. The zero-order valence-electron chi connectivity index (χ0n) is 14.0. The molecule has 0 bridgehead atoms. The van der Waals surface area contributed by atoms with Crippen molar-refractivity contribution in [3.8, 4) is 0 Å². The van der Waals surface area contributed by atoms with Gasteiger partial charge < -0.3 is 9.64 Å². The molecule has 1 aliphatic heterocycles. The Kier molecular flexibility index (Phi) is 4.02. The van der Waals surface area contributed by atoms with E-state index >= 15 is 0 Å². The van der Waals surface area contributed by atoms with Gasteiger partial charge in [0.1, 0.15) is 10.8 Å². The predicted octanol–water partition coefficient (Wildman–Crippen LogP) is 4.48. The van der Waals surface area contributed by atoms with E-state index < -0.39 is 28.9 Å². The number of rotatable bonds is 1. The Labute approximate surface area is 145 Å². The number of carbonyl (C=O) groups excluding carboxylic acids is 1. The molecule has 4 nitrogen and oxygen atoms in total. The smallest absolute Gasteiger partial charge is 0.410 e. The van der Waals surface area contributed by atoms with Gasteiger partial charge in [-0.25, -0.2) is 18.6 Å². The fraction of sp³-hybridized carbons (Fsp3) is 0.647. The Hall–Kier alpha value is -1.43. The molecule has 7 heteroatoms. The number of hydrogen-bond acceptors (Lipinski definition) is 3. The van der Waals surface area contributed by atoms with Crippen LogP contribution in [0.1, 0.15) is 45.2 Å². The molecule has 0 aromatic carbocycles. The van der Waals surface area contributed by atoms with E-state index in [1.165, 1.54) is 4.90 Å². The van der Waals surface area contributed by atoms with E-state index in [2.05, 4.69) is 4.98 Å². The van der Waals surface area contributed by atoms with E-state index in [0.29, 0.717) is 5.69 Å². The van der Waals surface area contributed by atoms with E-state index in [1.807, 2.05) is 0 Å². The molecule has 0 N–H and O–H groups in total. The second kappa shape index (κ2) is 5.55. The second-order valence-corrected chi connectivity index (χ2v) is 7.95. The Morgan fingerprint density at radius 3 is 2.50 bits per heavy atom. The average Bonchev–Trinajstić information content (AvgIpc) is 2.92. The number of nitrogens with zero attached hydrogens (tertiary/aromatic N) is 2. The lowest BCUT2D eigenvalue weighted by molar-refractivity contribution is 0.00115. The lowest BCUT2D eigenvalue weighted by atomic mass is 9.89. The van der Waals surface area contributed by atoms with Crippen LogP contribution in [0.2, 0.25) is 5.15 Å². The summed E-state index contributed by atoms with van der Waals surface area (Å²) in [4.78, 5) is 17.7. The van der Waals surface area contributed by atoms with Crippen LogP contribution in [0.3, 0.4) is 0 Å². The second-order valence-electron chi connectivity index (χ2n) is 7.56. The first-order chi connectivity index (χ1) is 11.1. The highest BCUT2D eigenvalue weighted by Crippen LogP contribution is 2.75. The third-order valence-electron chi connectivity index (χ3n) is 4.84. The van der Waals surface area contributed by atoms with Gasteiger partial charge in [-0.1, -0.05) is 17.7 Å². The molecule has 1 spiro atoms. The Morgan fingerprint density at radius 2 is 1.96 bits per heavy atom. The lowest BCUT2D eigenvalue weighted by Crippen LogP contribution is -2.43. The van der Waals surface area contributed by atoms with E-state index in [1.54, 1.807) is 39.0 Å². The van der Waals surface area contributed by atoms with Crippen LogP contribution < -0.4 is 0 Å². The molecule has 2 aliphatic rings. The topological polar surface area (TPSA) is 42.4 Å². The number of amides is 1. The van der Waals surface area contributed by atoms with Gasteiger partial charge in [0, 0.05) is 13.1 Å². The van der Waals surface area contributed by atoms with Crippen LogP contribution in [0.15, 0.2) is 18.2 Å². The number of aromatic nitrogens is 1. The predicted molar refractivity (Wildman–Crippen MR) is 86.4 cm³/mol. The van der Waals surface area contributed by atoms with Gasteiger partial charge in [-0.15, -0.1) is 0 Å². The molecule has 3 rings (SSSR count). The van der Waals surface area contributed by atoms with Gasteiger partial charge in [0.2, 0.25) is 0 Å². The first-order valence-corrected chi connectivity index (χ1v) is 8.43. The molecular formula is C17H21ClF2N2O2. The lowest BCUT2D eigenvalue weighted by Gasteiger charge is -2.34. The van der Waals surface area contributed by atoms with Crippen molar-refractivity contribution < 1.29 is 18.3 Å². The fourth-order valence-corrected chi connectivity index (χ4v) is 3.77. The molecule has 1 aliphatic carbocycles. The van der Waals surface area contributed by atoms with Crippen molar-refractivity contribution >= 4 is 17.7 Å². The summed E-state index contributed by atoms with van der Waals surface area (Å²) in [5.74, 6) is -3.74. The van der Waals surface area contributed by atoms with E-state index in [4.69, 9.17) is 16.3 Å². The van der Waals surface area contributed by atoms with Crippen LogP contribution in [-0.4, -0.2) is 40.6 Å². The summed E-state index contributed by atoms with van der Waals surface area (Å²) in [6.45, 7) is 5.88. The maximum absolute atomic E-state index is 14.5. The SMILES string of the molecule is CC(C)(C)OC(=O)N1CCC2(CC1)[C@H](c1cccc(Cl)n1)C2(F)F. The zero-order chi connectivity index (χ0) is 17.8. The average molecular weight is 359 g/mol. The highest BCUT2D eigenvalue weighted by atomic mass is 35.5. The van der Waals surface area contributed by atoms with Crippen molar-refractivity contribution in [2.75, 3.05) is 13.1 Å². The number of alkyl halides is 2. The summed E-state index contributed by atoms with van der Waals surface area (Å²) in [6.07, 6.45) is 0.0229.